The Kier molecular flexibility index (Phi) is 6.97. The number of hydrogen-bond donors (Lipinski definition) is 2. The molecular formula is C25H36O2. The van der Waals surface area contributed by atoms with Gasteiger partial charge in [-0.05, 0) is 67.5 Å². The van der Waals surface area contributed by atoms with Gasteiger partial charge < -0.3 is 10.2 Å². The van der Waals surface area contributed by atoms with E-state index >= 15 is 0 Å². The molecule has 0 radical (unpaired) electrons. The summed E-state index contributed by atoms with van der Waals surface area (Å²) in [6.45, 7) is 12.4. The van der Waals surface area contributed by atoms with Crippen LogP contribution >= 0.6 is 0 Å². The highest BCUT2D eigenvalue weighted by Crippen LogP contribution is 2.41. The first-order valence-corrected chi connectivity index (χ1v) is 10.3. The SMILES string of the molecule is CCCCCCCC(C)(c1cc(C)c(O)c(C)c1)c1cc(C)c(O)c(C)c1. The van der Waals surface area contributed by atoms with Crippen LogP contribution < -0.4 is 0 Å². The second kappa shape index (κ2) is 8.82. The maximum Gasteiger partial charge on any atom is 0.121 e. The smallest absolute Gasteiger partial charge is 0.121 e. The minimum atomic E-state index is -0.140. The molecule has 0 aliphatic carbocycles. The first-order valence-electron chi connectivity index (χ1n) is 10.3. The van der Waals surface area contributed by atoms with Crippen LogP contribution in [0.1, 0.15) is 85.8 Å². The lowest BCUT2D eigenvalue weighted by atomic mass is 9.71. The Hall–Kier alpha value is -1.96. The minimum absolute atomic E-state index is 0.140. The summed E-state index contributed by atoms with van der Waals surface area (Å²) in [5.41, 5.74) is 6.05. The van der Waals surface area contributed by atoms with Crippen LogP contribution in [-0.2, 0) is 5.41 Å². The Morgan fingerprint density at radius 2 is 1.04 bits per heavy atom. The zero-order valence-corrected chi connectivity index (χ0v) is 17.9. The maximum atomic E-state index is 10.2. The van der Waals surface area contributed by atoms with Crippen LogP contribution in [0.25, 0.3) is 0 Å². The normalized spacial score (nSPS) is 11.8. The molecule has 0 fully saturated rings. The molecular weight excluding hydrogens is 332 g/mol. The fourth-order valence-corrected chi connectivity index (χ4v) is 4.09. The number of aryl methyl sites for hydroxylation is 4. The summed E-state index contributed by atoms with van der Waals surface area (Å²) in [4.78, 5) is 0. The molecule has 0 saturated heterocycles. The summed E-state index contributed by atoms with van der Waals surface area (Å²) in [7, 11) is 0. The highest BCUT2D eigenvalue weighted by Gasteiger charge is 2.30. The highest BCUT2D eigenvalue weighted by molar-refractivity contribution is 5.51. The van der Waals surface area contributed by atoms with Crippen LogP contribution in [0, 0.1) is 27.7 Å². The summed E-state index contributed by atoms with van der Waals surface area (Å²) in [5, 5.41) is 20.5. The number of benzene rings is 2. The molecule has 2 heteroatoms. The topological polar surface area (TPSA) is 40.5 Å². The Morgan fingerprint density at radius 1 is 0.667 bits per heavy atom. The van der Waals surface area contributed by atoms with Crippen molar-refractivity contribution in [2.45, 2.75) is 85.5 Å². The Labute approximate surface area is 165 Å². The molecule has 2 nitrogen and oxygen atoms in total. The van der Waals surface area contributed by atoms with Crippen molar-refractivity contribution >= 4 is 0 Å². The standard InChI is InChI=1S/C25H36O2/c1-7-8-9-10-11-12-25(6,21-13-17(2)23(26)18(3)14-21)22-15-19(4)24(27)20(5)16-22/h13-16,26-27H,7-12H2,1-6H3. The van der Waals surface area contributed by atoms with Gasteiger partial charge in [0.15, 0.2) is 0 Å². The van der Waals surface area contributed by atoms with E-state index in [0.29, 0.717) is 11.5 Å². The average molecular weight is 369 g/mol. The van der Waals surface area contributed by atoms with E-state index in [1.54, 1.807) is 0 Å². The number of phenolic OH excluding ortho intramolecular Hbond substituents is 2. The quantitative estimate of drug-likeness (QED) is 0.493. The molecule has 2 aromatic rings. The Balaban J connectivity index is 2.48. The van der Waals surface area contributed by atoms with Gasteiger partial charge >= 0.3 is 0 Å². The molecule has 0 atom stereocenters. The van der Waals surface area contributed by atoms with Crippen LogP contribution in [0.15, 0.2) is 24.3 Å². The fourth-order valence-electron chi connectivity index (χ4n) is 4.09. The minimum Gasteiger partial charge on any atom is -0.507 e. The van der Waals surface area contributed by atoms with Gasteiger partial charge in [-0.15, -0.1) is 0 Å². The summed E-state index contributed by atoms with van der Waals surface area (Å²) in [6.07, 6.45) is 7.32. The second-order valence-electron chi connectivity index (χ2n) is 8.41. The van der Waals surface area contributed by atoms with E-state index in [1.807, 2.05) is 27.7 Å². The molecule has 0 amide bonds. The number of hydrogen-bond acceptors (Lipinski definition) is 2. The van der Waals surface area contributed by atoms with E-state index in [2.05, 4.69) is 38.1 Å². The van der Waals surface area contributed by atoms with Gasteiger partial charge in [0.2, 0.25) is 0 Å². The molecule has 0 spiro atoms. The van der Waals surface area contributed by atoms with Crippen molar-refractivity contribution in [1.82, 2.24) is 0 Å². The van der Waals surface area contributed by atoms with E-state index in [9.17, 15) is 10.2 Å². The summed E-state index contributed by atoms with van der Waals surface area (Å²) < 4.78 is 0. The molecule has 0 unspecified atom stereocenters. The van der Waals surface area contributed by atoms with E-state index in [4.69, 9.17) is 0 Å². The molecule has 27 heavy (non-hydrogen) atoms. The van der Waals surface area contributed by atoms with E-state index in [-0.39, 0.29) is 5.41 Å². The van der Waals surface area contributed by atoms with Crippen LogP contribution in [0.2, 0.25) is 0 Å². The zero-order chi connectivity index (χ0) is 20.2. The second-order valence-corrected chi connectivity index (χ2v) is 8.41. The molecule has 0 bridgehead atoms. The summed E-state index contributed by atoms with van der Waals surface area (Å²) >= 11 is 0. The van der Waals surface area contributed by atoms with Gasteiger partial charge in [0.05, 0.1) is 0 Å². The van der Waals surface area contributed by atoms with Gasteiger partial charge in [-0.25, -0.2) is 0 Å². The van der Waals surface area contributed by atoms with Gasteiger partial charge in [0, 0.05) is 5.41 Å². The van der Waals surface area contributed by atoms with Gasteiger partial charge in [0.1, 0.15) is 11.5 Å². The zero-order valence-electron chi connectivity index (χ0n) is 17.9. The summed E-state index contributed by atoms with van der Waals surface area (Å²) in [6, 6.07) is 8.52. The molecule has 2 N–H and O–H groups in total. The average Bonchev–Trinajstić information content (AvgIpc) is 2.62. The van der Waals surface area contributed by atoms with E-state index in [0.717, 1.165) is 28.7 Å². The maximum absolute atomic E-state index is 10.2. The van der Waals surface area contributed by atoms with Crippen LogP contribution in [0.4, 0.5) is 0 Å². The Morgan fingerprint density at radius 3 is 1.41 bits per heavy atom. The molecule has 0 aromatic heterocycles. The third-order valence-electron chi connectivity index (χ3n) is 6.04. The number of unbranched alkanes of at least 4 members (excludes halogenated alkanes) is 4. The van der Waals surface area contributed by atoms with E-state index < -0.39 is 0 Å². The van der Waals surface area contributed by atoms with Crippen molar-refractivity contribution in [3.63, 3.8) is 0 Å². The molecule has 2 aromatic carbocycles. The fraction of sp³-hybridized carbons (Fsp3) is 0.520. The molecule has 2 rings (SSSR count). The van der Waals surface area contributed by atoms with Crippen molar-refractivity contribution in [2.24, 2.45) is 0 Å². The molecule has 0 aliphatic rings. The van der Waals surface area contributed by atoms with Gasteiger partial charge in [0.25, 0.3) is 0 Å². The lowest BCUT2D eigenvalue weighted by Gasteiger charge is -2.33. The Bertz CT molecular complexity index is 685. The van der Waals surface area contributed by atoms with Crippen LogP contribution in [0.3, 0.4) is 0 Å². The number of phenols is 2. The predicted octanol–water partition coefficient (Wildman–Crippen LogP) is 7.00. The van der Waals surface area contributed by atoms with Crippen molar-refractivity contribution in [3.8, 4) is 11.5 Å². The monoisotopic (exact) mass is 368 g/mol. The van der Waals surface area contributed by atoms with Crippen molar-refractivity contribution in [3.05, 3.63) is 57.6 Å². The summed E-state index contributed by atoms with van der Waals surface area (Å²) in [5.74, 6) is 0.782. The van der Waals surface area contributed by atoms with Crippen molar-refractivity contribution in [1.29, 1.82) is 0 Å². The van der Waals surface area contributed by atoms with Gasteiger partial charge in [-0.3, -0.25) is 0 Å². The third-order valence-corrected chi connectivity index (χ3v) is 6.04. The van der Waals surface area contributed by atoms with E-state index in [1.165, 1.54) is 43.2 Å². The predicted molar refractivity (Wildman–Crippen MR) is 115 cm³/mol. The van der Waals surface area contributed by atoms with Crippen molar-refractivity contribution in [2.75, 3.05) is 0 Å². The van der Waals surface area contributed by atoms with Crippen LogP contribution in [-0.4, -0.2) is 10.2 Å². The number of rotatable bonds is 8. The molecule has 0 heterocycles. The lowest BCUT2D eigenvalue weighted by molar-refractivity contribution is 0.454. The largest absolute Gasteiger partial charge is 0.507 e. The first kappa shape index (κ1) is 21.3. The van der Waals surface area contributed by atoms with Crippen molar-refractivity contribution < 1.29 is 10.2 Å². The lowest BCUT2D eigenvalue weighted by Crippen LogP contribution is -2.24. The number of aromatic hydroxyl groups is 2. The highest BCUT2D eigenvalue weighted by atomic mass is 16.3. The first-order chi connectivity index (χ1) is 12.7. The van der Waals surface area contributed by atoms with Gasteiger partial charge in [-0.1, -0.05) is 70.2 Å². The van der Waals surface area contributed by atoms with Crippen LogP contribution in [0.5, 0.6) is 11.5 Å². The van der Waals surface area contributed by atoms with Gasteiger partial charge in [-0.2, -0.15) is 0 Å². The molecule has 0 saturated carbocycles. The molecule has 0 aliphatic heterocycles. The molecule has 148 valence electrons. The third kappa shape index (κ3) is 4.66.